The number of nitrogens with zero attached hydrogens (tertiary/aromatic N) is 3. The molecule has 3 heterocycles. The fraction of sp³-hybridized carbons (Fsp3) is 0.464. The van der Waals surface area contributed by atoms with E-state index in [1.807, 2.05) is 23.2 Å². The van der Waals surface area contributed by atoms with Gasteiger partial charge in [-0.3, -0.25) is 14.8 Å². The second-order valence-corrected chi connectivity index (χ2v) is 10.2. The summed E-state index contributed by atoms with van der Waals surface area (Å²) >= 11 is 6.34. The lowest BCUT2D eigenvalue weighted by molar-refractivity contribution is -0.131. The second-order valence-electron chi connectivity index (χ2n) is 9.69. The molecule has 0 radical (unpaired) electrons. The summed E-state index contributed by atoms with van der Waals surface area (Å²) in [6.07, 6.45) is 16.4. The summed E-state index contributed by atoms with van der Waals surface area (Å²) in [4.78, 5) is 23.9. The highest BCUT2D eigenvalue weighted by Gasteiger charge is 2.33. The summed E-state index contributed by atoms with van der Waals surface area (Å²) in [5, 5.41) is 0.0703. The molecule has 2 atom stereocenters. The van der Waals surface area contributed by atoms with Crippen LogP contribution in [0.5, 0.6) is 0 Å². The van der Waals surface area contributed by atoms with Crippen LogP contribution in [0.15, 0.2) is 66.7 Å². The van der Waals surface area contributed by atoms with Gasteiger partial charge < -0.3 is 4.90 Å². The number of carbonyl (C=O) groups is 1. The topological polar surface area (TPSA) is 46.1 Å². The van der Waals surface area contributed by atoms with E-state index in [-0.39, 0.29) is 17.2 Å². The van der Waals surface area contributed by atoms with Crippen molar-refractivity contribution in [2.24, 2.45) is 11.8 Å². The number of carbonyl (C=O) groups excluding carboxylic acids is 1. The molecule has 2 aromatic heterocycles. The Morgan fingerprint density at radius 1 is 1.15 bits per heavy atom. The molecule has 2 unspecified atom stereocenters. The van der Waals surface area contributed by atoms with E-state index in [9.17, 15) is 4.79 Å². The molecule has 2 aliphatic rings. The van der Waals surface area contributed by atoms with Crippen molar-refractivity contribution in [1.29, 1.82) is 0 Å². The Labute approximate surface area is 202 Å². The normalized spacial score (nSPS) is 20.1. The SMILES string of the molecule is CC(C)Cc1cccnc1C(C1=CCC(Cl)C=C1)C1CCN(C(=O)Cc2ccncc2)CC1. The van der Waals surface area contributed by atoms with Crippen LogP contribution in [0.3, 0.4) is 0 Å². The molecular formula is C28H34ClN3O. The highest BCUT2D eigenvalue weighted by atomic mass is 35.5. The van der Waals surface area contributed by atoms with Crippen LogP contribution in [0.25, 0.3) is 0 Å². The Morgan fingerprint density at radius 2 is 1.91 bits per heavy atom. The Kier molecular flexibility index (Phi) is 7.97. The molecule has 0 spiro atoms. The van der Waals surface area contributed by atoms with Crippen molar-refractivity contribution in [3.05, 3.63) is 83.5 Å². The lowest BCUT2D eigenvalue weighted by Crippen LogP contribution is -2.41. The fourth-order valence-electron chi connectivity index (χ4n) is 5.11. The molecule has 2 aromatic rings. The van der Waals surface area contributed by atoms with Crippen LogP contribution in [0.4, 0.5) is 0 Å². The van der Waals surface area contributed by atoms with Crippen molar-refractivity contribution in [1.82, 2.24) is 14.9 Å². The molecule has 1 amide bonds. The number of aromatic nitrogens is 2. The molecule has 0 bridgehead atoms. The van der Waals surface area contributed by atoms with Gasteiger partial charge in [-0.1, -0.05) is 38.1 Å². The number of piperidine rings is 1. The predicted molar refractivity (Wildman–Crippen MR) is 134 cm³/mol. The highest BCUT2D eigenvalue weighted by Crippen LogP contribution is 2.41. The smallest absolute Gasteiger partial charge is 0.226 e. The minimum atomic E-state index is 0.0703. The highest BCUT2D eigenvalue weighted by molar-refractivity contribution is 6.22. The molecule has 1 aliphatic heterocycles. The summed E-state index contributed by atoms with van der Waals surface area (Å²) in [5.41, 5.74) is 4.90. The van der Waals surface area contributed by atoms with Crippen molar-refractivity contribution in [3.8, 4) is 0 Å². The average Bonchev–Trinajstić information content (AvgIpc) is 2.82. The summed E-state index contributed by atoms with van der Waals surface area (Å²) in [6, 6.07) is 8.13. The largest absolute Gasteiger partial charge is 0.342 e. The number of hydrogen-bond acceptors (Lipinski definition) is 3. The molecule has 4 nitrogen and oxygen atoms in total. The van der Waals surface area contributed by atoms with Crippen molar-refractivity contribution in [2.75, 3.05) is 13.1 Å². The minimum Gasteiger partial charge on any atom is -0.342 e. The zero-order valence-corrected chi connectivity index (χ0v) is 20.4. The lowest BCUT2D eigenvalue weighted by Gasteiger charge is -2.37. The fourth-order valence-corrected chi connectivity index (χ4v) is 5.27. The third kappa shape index (κ3) is 6.11. The van der Waals surface area contributed by atoms with Gasteiger partial charge in [0.2, 0.25) is 5.91 Å². The molecule has 0 saturated carbocycles. The van der Waals surface area contributed by atoms with E-state index in [1.165, 1.54) is 16.8 Å². The summed E-state index contributed by atoms with van der Waals surface area (Å²) < 4.78 is 0. The van der Waals surface area contributed by atoms with E-state index < -0.39 is 0 Å². The van der Waals surface area contributed by atoms with Crippen LogP contribution in [0.1, 0.15) is 55.8 Å². The third-order valence-electron chi connectivity index (χ3n) is 6.75. The number of alkyl halides is 1. The van der Waals surface area contributed by atoms with Gasteiger partial charge >= 0.3 is 0 Å². The molecule has 1 saturated heterocycles. The van der Waals surface area contributed by atoms with E-state index >= 15 is 0 Å². The number of likely N-dealkylation sites (tertiary alicyclic amines) is 1. The van der Waals surface area contributed by atoms with Crippen LogP contribution in [-0.4, -0.2) is 39.2 Å². The maximum Gasteiger partial charge on any atom is 0.226 e. The number of amides is 1. The Hall–Kier alpha value is -2.46. The zero-order chi connectivity index (χ0) is 23.2. The predicted octanol–water partition coefficient (Wildman–Crippen LogP) is 5.73. The number of rotatable bonds is 7. The second kappa shape index (κ2) is 11.1. The number of allylic oxidation sites excluding steroid dienone is 4. The number of hydrogen-bond donors (Lipinski definition) is 0. The van der Waals surface area contributed by atoms with Crippen LogP contribution in [-0.2, 0) is 17.6 Å². The van der Waals surface area contributed by atoms with Gasteiger partial charge in [0, 0.05) is 37.6 Å². The van der Waals surface area contributed by atoms with Crippen molar-refractivity contribution < 1.29 is 4.79 Å². The first kappa shape index (κ1) is 23.7. The maximum absolute atomic E-state index is 12.9. The van der Waals surface area contributed by atoms with Gasteiger partial charge in [0.1, 0.15) is 0 Å². The summed E-state index contributed by atoms with van der Waals surface area (Å²) in [5.74, 6) is 1.48. The van der Waals surface area contributed by atoms with Crippen LogP contribution in [0, 0.1) is 11.8 Å². The van der Waals surface area contributed by atoms with E-state index in [1.54, 1.807) is 12.4 Å². The molecule has 33 heavy (non-hydrogen) atoms. The summed E-state index contributed by atoms with van der Waals surface area (Å²) in [7, 11) is 0. The van der Waals surface area contributed by atoms with Gasteiger partial charge in [-0.15, -0.1) is 11.6 Å². The van der Waals surface area contributed by atoms with Gasteiger partial charge in [0.15, 0.2) is 0 Å². The number of halogens is 1. The van der Waals surface area contributed by atoms with Crippen LogP contribution in [0.2, 0.25) is 0 Å². The molecule has 174 valence electrons. The molecule has 0 aromatic carbocycles. The van der Waals surface area contributed by atoms with E-state index in [2.05, 4.69) is 49.2 Å². The first-order valence-electron chi connectivity index (χ1n) is 12.1. The van der Waals surface area contributed by atoms with Crippen LogP contribution < -0.4 is 0 Å². The lowest BCUT2D eigenvalue weighted by atomic mass is 9.74. The average molecular weight is 464 g/mol. The minimum absolute atomic E-state index is 0.0703. The Morgan fingerprint density at radius 3 is 2.58 bits per heavy atom. The molecule has 5 heteroatoms. The maximum atomic E-state index is 12.9. The Bertz CT molecular complexity index is 993. The van der Waals surface area contributed by atoms with Gasteiger partial charge in [-0.2, -0.15) is 0 Å². The summed E-state index contributed by atoms with van der Waals surface area (Å²) in [6.45, 7) is 6.12. The van der Waals surface area contributed by atoms with Crippen molar-refractivity contribution >= 4 is 17.5 Å². The first-order valence-corrected chi connectivity index (χ1v) is 12.6. The first-order chi connectivity index (χ1) is 16.0. The van der Waals surface area contributed by atoms with Gasteiger partial charge in [0.05, 0.1) is 17.5 Å². The van der Waals surface area contributed by atoms with E-state index in [0.717, 1.165) is 44.3 Å². The molecule has 4 rings (SSSR count). The molecule has 1 fully saturated rings. The van der Waals surface area contributed by atoms with E-state index in [4.69, 9.17) is 16.6 Å². The van der Waals surface area contributed by atoms with Crippen LogP contribution >= 0.6 is 11.6 Å². The van der Waals surface area contributed by atoms with Crippen molar-refractivity contribution in [3.63, 3.8) is 0 Å². The van der Waals surface area contributed by atoms with Gasteiger partial charge in [-0.05, 0) is 72.4 Å². The van der Waals surface area contributed by atoms with E-state index in [0.29, 0.717) is 18.3 Å². The quantitative estimate of drug-likeness (QED) is 0.492. The number of pyridine rings is 2. The molecular weight excluding hydrogens is 430 g/mol. The zero-order valence-electron chi connectivity index (χ0n) is 19.7. The van der Waals surface area contributed by atoms with Gasteiger partial charge in [-0.25, -0.2) is 0 Å². The monoisotopic (exact) mass is 463 g/mol. The third-order valence-corrected chi connectivity index (χ3v) is 7.08. The molecule has 1 aliphatic carbocycles. The van der Waals surface area contributed by atoms with Gasteiger partial charge in [0.25, 0.3) is 0 Å². The Balaban J connectivity index is 1.52. The standard InChI is InChI=1S/C28H34ClN3O/c1-20(2)18-24-4-3-13-31-28(24)27(22-5-7-25(29)8-6-22)23-11-16-32(17-12-23)26(33)19-21-9-14-30-15-10-21/h3-7,9-10,13-15,20,23,25,27H,8,11-12,16-19H2,1-2H3. The van der Waals surface area contributed by atoms with Crippen molar-refractivity contribution in [2.45, 2.75) is 57.2 Å². The molecule has 0 N–H and O–H groups in total.